The van der Waals surface area contributed by atoms with Gasteiger partial charge in [0, 0.05) is 18.8 Å². The van der Waals surface area contributed by atoms with Crippen molar-refractivity contribution in [2.75, 3.05) is 18.0 Å². The van der Waals surface area contributed by atoms with E-state index in [1.807, 2.05) is 6.07 Å². The van der Waals surface area contributed by atoms with Crippen molar-refractivity contribution in [1.82, 2.24) is 0 Å². The van der Waals surface area contributed by atoms with Gasteiger partial charge < -0.3 is 4.90 Å². The van der Waals surface area contributed by atoms with Crippen LogP contribution in [0.1, 0.15) is 29.5 Å². The molecule has 0 unspecified atom stereocenters. The highest BCUT2D eigenvalue weighted by molar-refractivity contribution is 5.69. The van der Waals surface area contributed by atoms with Gasteiger partial charge in [-0.15, -0.1) is 0 Å². The van der Waals surface area contributed by atoms with Crippen LogP contribution in [0.15, 0.2) is 17.8 Å². The predicted molar refractivity (Wildman–Crippen MR) is 75.5 cm³/mol. The quantitative estimate of drug-likeness (QED) is 0.565. The first kappa shape index (κ1) is 11.8. The molecule has 2 aliphatic rings. The van der Waals surface area contributed by atoms with Crippen LogP contribution in [0.4, 0.5) is 5.69 Å². The van der Waals surface area contributed by atoms with E-state index in [1.165, 1.54) is 42.7 Å². The van der Waals surface area contributed by atoms with E-state index in [0.717, 1.165) is 18.4 Å². The fraction of sp³-hybridized carbons (Fsp3) is 0.375. The highest BCUT2D eigenvalue weighted by Crippen LogP contribution is 2.36. The SMILES string of the molecule is [C-]#[N+]/C(C#N)=C\c1cc2c3c(c1)CCCN3CCC2. The van der Waals surface area contributed by atoms with Crippen LogP contribution in [0.5, 0.6) is 0 Å². The topological polar surface area (TPSA) is 31.4 Å². The molecule has 0 saturated heterocycles. The summed E-state index contributed by atoms with van der Waals surface area (Å²) in [6.45, 7) is 9.30. The molecular weight excluding hydrogens is 234 g/mol. The Morgan fingerprint density at radius 1 is 1.26 bits per heavy atom. The molecule has 2 aliphatic heterocycles. The molecule has 0 bridgehead atoms. The fourth-order valence-electron chi connectivity index (χ4n) is 3.16. The van der Waals surface area contributed by atoms with Gasteiger partial charge in [-0.3, -0.25) is 0 Å². The maximum atomic E-state index is 8.87. The summed E-state index contributed by atoms with van der Waals surface area (Å²) in [7, 11) is 0. The van der Waals surface area contributed by atoms with Crippen LogP contribution in [0.3, 0.4) is 0 Å². The smallest absolute Gasteiger partial charge is 0.262 e. The second-order valence-corrected chi connectivity index (χ2v) is 5.14. The van der Waals surface area contributed by atoms with Crippen LogP contribution in [-0.2, 0) is 12.8 Å². The van der Waals surface area contributed by atoms with Crippen LogP contribution in [0, 0.1) is 17.9 Å². The van der Waals surface area contributed by atoms with Crippen molar-refractivity contribution >= 4 is 11.8 Å². The molecule has 0 spiro atoms. The zero-order valence-corrected chi connectivity index (χ0v) is 10.8. The third-order valence-corrected chi connectivity index (χ3v) is 3.89. The number of benzene rings is 1. The maximum absolute atomic E-state index is 8.87. The van der Waals surface area contributed by atoms with Gasteiger partial charge in [0.15, 0.2) is 0 Å². The normalized spacial score (nSPS) is 17.4. The van der Waals surface area contributed by atoms with Gasteiger partial charge in [-0.05, 0) is 48.4 Å². The lowest BCUT2D eigenvalue weighted by Crippen LogP contribution is -2.34. The second kappa shape index (κ2) is 4.78. The van der Waals surface area contributed by atoms with E-state index < -0.39 is 0 Å². The molecule has 94 valence electrons. The van der Waals surface area contributed by atoms with E-state index in [4.69, 9.17) is 11.8 Å². The first-order valence-electron chi connectivity index (χ1n) is 6.72. The lowest BCUT2D eigenvalue weighted by molar-refractivity contribution is 0.634. The Morgan fingerprint density at radius 2 is 1.89 bits per heavy atom. The summed E-state index contributed by atoms with van der Waals surface area (Å²) in [5.41, 5.74) is 5.37. The summed E-state index contributed by atoms with van der Waals surface area (Å²) in [5, 5.41) is 8.87. The number of aryl methyl sites for hydroxylation is 2. The Balaban J connectivity index is 2.09. The fourth-order valence-corrected chi connectivity index (χ4v) is 3.16. The third kappa shape index (κ3) is 2.09. The standard InChI is InChI=1S/C16H15N3/c1-18-15(11-17)10-12-8-13-4-2-6-19-7-3-5-14(9-12)16(13)19/h8-10H,2-7H2/b15-10-. The van der Waals surface area contributed by atoms with E-state index in [1.54, 1.807) is 6.08 Å². The minimum atomic E-state index is 0.163. The van der Waals surface area contributed by atoms with Crippen molar-refractivity contribution in [3.05, 3.63) is 45.9 Å². The largest absolute Gasteiger partial charge is 0.371 e. The highest BCUT2D eigenvalue weighted by Gasteiger charge is 2.23. The maximum Gasteiger partial charge on any atom is 0.262 e. The van der Waals surface area contributed by atoms with Crippen molar-refractivity contribution in [2.24, 2.45) is 0 Å². The van der Waals surface area contributed by atoms with E-state index in [9.17, 15) is 0 Å². The number of hydrogen-bond acceptors (Lipinski definition) is 2. The van der Waals surface area contributed by atoms with Gasteiger partial charge >= 0.3 is 0 Å². The average Bonchev–Trinajstić information content (AvgIpc) is 2.45. The van der Waals surface area contributed by atoms with Gasteiger partial charge in [-0.2, -0.15) is 0 Å². The summed E-state index contributed by atoms with van der Waals surface area (Å²) < 4.78 is 0. The molecule has 0 atom stereocenters. The van der Waals surface area contributed by atoms with Crippen LogP contribution in [-0.4, -0.2) is 13.1 Å². The molecule has 3 nitrogen and oxygen atoms in total. The molecule has 19 heavy (non-hydrogen) atoms. The molecule has 0 radical (unpaired) electrons. The van der Waals surface area contributed by atoms with Crippen LogP contribution < -0.4 is 4.90 Å². The van der Waals surface area contributed by atoms with Crippen LogP contribution in [0.25, 0.3) is 10.9 Å². The van der Waals surface area contributed by atoms with Crippen molar-refractivity contribution < 1.29 is 0 Å². The van der Waals surface area contributed by atoms with Crippen molar-refractivity contribution in [2.45, 2.75) is 25.7 Å². The van der Waals surface area contributed by atoms with E-state index in [-0.39, 0.29) is 5.70 Å². The van der Waals surface area contributed by atoms with E-state index >= 15 is 0 Å². The third-order valence-electron chi connectivity index (χ3n) is 3.89. The molecule has 3 heteroatoms. The van der Waals surface area contributed by atoms with Gasteiger partial charge in [0.05, 0.1) is 12.6 Å². The van der Waals surface area contributed by atoms with Gasteiger partial charge in [0.25, 0.3) is 5.70 Å². The molecule has 0 saturated carbocycles. The monoisotopic (exact) mass is 249 g/mol. The second-order valence-electron chi connectivity index (χ2n) is 5.14. The van der Waals surface area contributed by atoms with Crippen LogP contribution >= 0.6 is 0 Å². The molecule has 0 aliphatic carbocycles. The Labute approximate surface area is 113 Å². The van der Waals surface area contributed by atoms with Gasteiger partial charge in [-0.1, -0.05) is 12.1 Å². The Morgan fingerprint density at radius 3 is 2.42 bits per heavy atom. The number of hydrogen-bond donors (Lipinski definition) is 0. The predicted octanol–water partition coefficient (Wildman–Crippen LogP) is 3.17. The summed E-state index contributed by atoms with van der Waals surface area (Å²) in [6, 6.07) is 6.24. The number of nitrogens with zero attached hydrogens (tertiary/aromatic N) is 3. The lowest BCUT2D eigenvalue weighted by Gasteiger charge is -2.37. The molecule has 3 rings (SSSR count). The van der Waals surface area contributed by atoms with E-state index in [2.05, 4.69) is 21.9 Å². The lowest BCUT2D eigenvalue weighted by atomic mass is 9.90. The minimum Gasteiger partial charge on any atom is -0.371 e. The molecular formula is C16H15N3. The van der Waals surface area contributed by atoms with Crippen molar-refractivity contribution in [3.8, 4) is 6.07 Å². The molecule has 0 amide bonds. The number of anilines is 1. The average molecular weight is 249 g/mol. The molecule has 0 aromatic heterocycles. The minimum absolute atomic E-state index is 0.163. The molecule has 2 heterocycles. The van der Waals surface area contributed by atoms with E-state index in [0.29, 0.717) is 0 Å². The number of rotatable bonds is 1. The molecule has 0 fully saturated rings. The zero-order chi connectivity index (χ0) is 13.2. The van der Waals surface area contributed by atoms with Gasteiger partial charge in [-0.25, -0.2) is 10.1 Å². The Kier molecular flexibility index (Phi) is 2.97. The van der Waals surface area contributed by atoms with Crippen molar-refractivity contribution in [1.29, 1.82) is 5.26 Å². The summed E-state index contributed by atoms with van der Waals surface area (Å²) in [4.78, 5) is 5.73. The highest BCUT2D eigenvalue weighted by atomic mass is 15.1. The summed E-state index contributed by atoms with van der Waals surface area (Å²) >= 11 is 0. The van der Waals surface area contributed by atoms with Crippen molar-refractivity contribution in [3.63, 3.8) is 0 Å². The van der Waals surface area contributed by atoms with Crippen LogP contribution in [0.2, 0.25) is 0 Å². The Hall–Kier alpha value is -2.26. The van der Waals surface area contributed by atoms with Gasteiger partial charge in [0.1, 0.15) is 0 Å². The Bertz CT molecular complexity index is 581. The first-order valence-corrected chi connectivity index (χ1v) is 6.72. The number of nitriles is 1. The molecule has 1 aromatic rings. The summed E-state index contributed by atoms with van der Waals surface area (Å²) in [6.07, 6.45) is 6.33. The molecule has 0 N–H and O–H groups in total. The summed E-state index contributed by atoms with van der Waals surface area (Å²) in [5.74, 6) is 0. The number of allylic oxidation sites excluding steroid dienone is 1. The molecule has 1 aromatic carbocycles. The zero-order valence-electron chi connectivity index (χ0n) is 10.8. The van der Waals surface area contributed by atoms with Gasteiger partial charge in [0.2, 0.25) is 0 Å². The first-order chi connectivity index (χ1) is 9.31.